The zero-order chi connectivity index (χ0) is 10.1. The molecule has 2 heterocycles. The van der Waals surface area contributed by atoms with E-state index in [1.165, 1.54) is 10.6 Å². The van der Waals surface area contributed by atoms with Crippen molar-refractivity contribution in [1.82, 2.24) is 4.98 Å². The third-order valence-electron chi connectivity index (χ3n) is 1.90. The molecular formula is C10H10BrNS2. The number of thiophene rings is 1. The molecule has 2 aromatic heterocycles. The highest BCUT2D eigenvalue weighted by molar-refractivity contribution is 9.11. The lowest BCUT2D eigenvalue weighted by Crippen LogP contribution is -1.85. The van der Waals surface area contributed by atoms with E-state index in [1.807, 2.05) is 0 Å². The summed E-state index contributed by atoms with van der Waals surface area (Å²) in [5.41, 5.74) is 1.19. The molecule has 0 atom stereocenters. The predicted octanol–water partition coefficient (Wildman–Crippen LogP) is 4.76. The smallest absolute Gasteiger partial charge is 0.133 e. The summed E-state index contributed by atoms with van der Waals surface area (Å²) >= 11 is 6.91. The van der Waals surface area contributed by atoms with Gasteiger partial charge in [-0.1, -0.05) is 13.8 Å². The van der Waals surface area contributed by atoms with Crippen LogP contribution in [0.3, 0.4) is 0 Å². The standard InChI is InChI=1S/C10H10BrNS2/c1-6(2)7-5-13-10(12-7)8-3-4-9(11)14-8/h3-6H,1-2H3. The maximum atomic E-state index is 4.60. The molecule has 0 saturated carbocycles. The Labute approximate surface area is 100.0 Å². The Morgan fingerprint density at radius 3 is 2.64 bits per heavy atom. The first-order valence-corrected chi connectivity index (χ1v) is 6.87. The zero-order valence-corrected chi connectivity index (χ0v) is 11.2. The summed E-state index contributed by atoms with van der Waals surface area (Å²) in [7, 11) is 0. The van der Waals surface area contributed by atoms with Gasteiger partial charge < -0.3 is 0 Å². The summed E-state index contributed by atoms with van der Waals surface area (Å²) in [4.78, 5) is 5.85. The fourth-order valence-corrected chi connectivity index (χ4v) is 3.53. The van der Waals surface area contributed by atoms with Crippen molar-refractivity contribution in [2.75, 3.05) is 0 Å². The SMILES string of the molecule is CC(C)c1csc(-c2ccc(Br)s2)n1. The van der Waals surface area contributed by atoms with Crippen LogP contribution in [0.15, 0.2) is 21.3 Å². The molecule has 1 nitrogen and oxygen atoms in total. The number of hydrogen-bond donors (Lipinski definition) is 0. The molecule has 74 valence electrons. The number of nitrogens with zero attached hydrogens (tertiary/aromatic N) is 1. The number of rotatable bonds is 2. The normalized spacial score (nSPS) is 11.1. The molecule has 2 aromatic rings. The fourth-order valence-electron chi connectivity index (χ4n) is 1.09. The van der Waals surface area contributed by atoms with Gasteiger partial charge in [0.2, 0.25) is 0 Å². The predicted molar refractivity (Wildman–Crippen MR) is 67.2 cm³/mol. The molecule has 14 heavy (non-hydrogen) atoms. The van der Waals surface area contributed by atoms with Crippen LogP contribution in [-0.2, 0) is 0 Å². The zero-order valence-electron chi connectivity index (χ0n) is 7.95. The second-order valence-corrected chi connectivity index (χ2v) is 6.66. The summed E-state index contributed by atoms with van der Waals surface area (Å²) in [6, 6.07) is 4.17. The summed E-state index contributed by atoms with van der Waals surface area (Å²) in [5.74, 6) is 0.517. The first kappa shape index (κ1) is 10.3. The Morgan fingerprint density at radius 1 is 1.36 bits per heavy atom. The van der Waals surface area contributed by atoms with E-state index in [2.05, 4.69) is 52.3 Å². The van der Waals surface area contributed by atoms with Gasteiger partial charge in [-0.2, -0.15) is 0 Å². The van der Waals surface area contributed by atoms with Crippen LogP contribution in [0.1, 0.15) is 25.5 Å². The number of thiazole rings is 1. The fraction of sp³-hybridized carbons (Fsp3) is 0.300. The Kier molecular flexibility index (Phi) is 3.04. The van der Waals surface area contributed by atoms with Gasteiger partial charge >= 0.3 is 0 Å². The minimum atomic E-state index is 0.517. The maximum Gasteiger partial charge on any atom is 0.133 e. The monoisotopic (exact) mass is 287 g/mol. The first-order chi connectivity index (χ1) is 6.66. The van der Waals surface area contributed by atoms with Gasteiger partial charge in [0.15, 0.2) is 0 Å². The van der Waals surface area contributed by atoms with Crippen LogP contribution in [0.25, 0.3) is 9.88 Å². The molecule has 0 unspecified atom stereocenters. The van der Waals surface area contributed by atoms with Gasteiger partial charge in [0.1, 0.15) is 5.01 Å². The Balaban J connectivity index is 2.33. The second-order valence-electron chi connectivity index (χ2n) is 3.34. The average molecular weight is 288 g/mol. The van der Waals surface area contributed by atoms with Crippen LogP contribution in [-0.4, -0.2) is 4.98 Å². The molecule has 0 aromatic carbocycles. The van der Waals surface area contributed by atoms with Crippen molar-refractivity contribution in [2.45, 2.75) is 19.8 Å². The number of aromatic nitrogens is 1. The van der Waals surface area contributed by atoms with Crippen molar-refractivity contribution in [1.29, 1.82) is 0 Å². The van der Waals surface area contributed by atoms with Crippen LogP contribution in [0, 0.1) is 0 Å². The quantitative estimate of drug-likeness (QED) is 0.776. The van der Waals surface area contributed by atoms with Crippen molar-refractivity contribution in [2.24, 2.45) is 0 Å². The minimum absolute atomic E-state index is 0.517. The van der Waals surface area contributed by atoms with E-state index < -0.39 is 0 Å². The van der Waals surface area contributed by atoms with E-state index in [0.717, 1.165) is 8.79 Å². The summed E-state index contributed by atoms with van der Waals surface area (Å²) in [5, 5.41) is 3.28. The lowest BCUT2D eigenvalue weighted by molar-refractivity contribution is 0.834. The molecule has 0 aliphatic heterocycles. The Bertz CT molecular complexity index is 431. The molecular weight excluding hydrogens is 278 g/mol. The summed E-state index contributed by atoms with van der Waals surface area (Å²) in [6.45, 7) is 4.34. The van der Waals surface area contributed by atoms with E-state index in [0.29, 0.717) is 5.92 Å². The average Bonchev–Trinajstić information content (AvgIpc) is 2.70. The van der Waals surface area contributed by atoms with Crippen molar-refractivity contribution in [3.8, 4) is 9.88 Å². The molecule has 0 aliphatic rings. The molecule has 0 N–H and O–H groups in total. The first-order valence-electron chi connectivity index (χ1n) is 4.38. The van der Waals surface area contributed by atoms with Crippen LogP contribution >= 0.6 is 38.6 Å². The van der Waals surface area contributed by atoms with Gasteiger partial charge in [-0.15, -0.1) is 22.7 Å². The largest absolute Gasteiger partial charge is 0.240 e. The Morgan fingerprint density at radius 2 is 2.14 bits per heavy atom. The third-order valence-corrected chi connectivity index (χ3v) is 4.55. The minimum Gasteiger partial charge on any atom is -0.240 e. The lowest BCUT2D eigenvalue weighted by atomic mass is 10.2. The van der Waals surface area contributed by atoms with E-state index in [1.54, 1.807) is 22.7 Å². The van der Waals surface area contributed by atoms with E-state index in [-0.39, 0.29) is 0 Å². The highest BCUT2D eigenvalue weighted by Gasteiger charge is 2.08. The van der Waals surface area contributed by atoms with Crippen LogP contribution < -0.4 is 0 Å². The van der Waals surface area contributed by atoms with Crippen LogP contribution in [0.2, 0.25) is 0 Å². The number of hydrogen-bond acceptors (Lipinski definition) is 3. The van der Waals surface area contributed by atoms with Gasteiger partial charge in [0, 0.05) is 5.38 Å². The molecule has 0 fully saturated rings. The van der Waals surface area contributed by atoms with Gasteiger partial charge in [0.25, 0.3) is 0 Å². The molecule has 0 amide bonds. The van der Waals surface area contributed by atoms with Gasteiger partial charge in [-0.25, -0.2) is 4.98 Å². The van der Waals surface area contributed by atoms with Crippen molar-refractivity contribution in [3.05, 3.63) is 27.0 Å². The van der Waals surface area contributed by atoms with Gasteiger partial charge in [-0.05, 0) is 34.0 Å². The van der Waals surface area contributed by atoms with E-state index in [9.17, 15) is 0 Å². The van der Waals surface area contributed by atoms with E-state index in [4.69, 9.17) is 0 Å². The Hall–Kier alpha value is -0.190. The van der Waals surface area contributed by atoms with Crippen molar-refractivity contribution < 1.29 is 0 Å². The van der Waals surface area contributed by atoms with Crippen molar-refractivity contribution >= 4 is 38.6 Å². The molecule has 4 heteroatoms. The van der Waals surface area contributed by atoms with Gasteiger partial charge in [-0.3, -0.25) is 0 Å². The topological polar surface area (TPSA) is 12.9 Å². The van der Waals surface area contributed by atoms with Crippen LogP contribution in [0.5, 0.6) is 0 Å². The maximum absolute atomic E-state index is 4.60. The molecule has 0 saturated heterocycles. The molecule has 2 rings (SSSR count). The van der Waals surface area contributed by atoms with Crippen molar-refractivity contribution in [3.63, 3.8) is 0 Å². The molecule has 0 spiro atoms. The third kappa shape index (κ3) is 2.07. The summed E-state index contributed by atoms with van der Waals surface area (Å²) in [6.07, 6.45) is 0. The molecule has 0 aliphatic carbocycles. The highest BCUT2D eigenvalue weighted by atomic mass is 79.9. The molecule has 0 radical (unpaired) electrons. The highest BCUT2D eigenvalue weighted by Crippen LogP contribution is 2.34. The van der Waals surface area contributed by atoms with Crippen LogP contribution in [0.4, 0.5) is 0 Å². The lowest BCUT2D eigenvalue weighted by Gasteiger charge is -1.96. The number of halogens is 1. The van der Waals surface area contributed by atoms with Gasteiger partial charge in [0.05, 0.1) is 14.4 Å². The molecule has 0 bridgehead atoms. The van der Waals surface area contributed by atoms with E-state index >= 15 is 0 Å². The second kappa shape index (κ2) is 4.13. The summed E-state index contributed by atoms with van der Waals surface area (Å²) < 4.78 is 1.16.